The third-order valence-corrected chi connectivity index (χ3v) is 4.79. The molecule has 0 unspecified atom stereocenters. The number of amides is 1. The number of aliphatic hydroxyl groups excluding tert-OH is 3. The Labute approximate surface area is 176 Å². The van der Waals surface area contributed by atoms with E-state index in [0.717, 1.165) is 4.57 Å². The lowest BCUT2D eigenvalue weighted by molar-refractivity contribution is -0.0549. The Morgan fingerprint density at radius 2 is 1.81 bits per heavy atom. The van der Waals surface area contributed by atoms with E-state index >= 15 is 0 Å². The Kier molecular flexibility index (Phi) is 6.75. The highest BCUT2D eigenvalue weighted by Crippen LogP contribution is 2.38. The maximum Gasteiger partial charge on any atom is 0.351 e. The molecule has 168 valence electrons. The zero-order valence-corrected chi connectivity index (χ0v) is 17.0. The summed E-state index contributed by atoms with van der Waals surface area (Å²) in [6.45, 7) is -0.528. The Hall–Kier alpha value is -3.19. The number of nitrogens with one attached hydrogen (secondary N) is 1. The summed E-state index contributed by atoms with van der Waals surface area (Å²) in [6, 6.07) is 4.21. The number of aliphatic hydroxyl groups is 3. The predicted octanol–water partition coefficient (Wildman–Crippen LogP) is -0.867. The van der Waals surface area contributed by atoms with Gasteiger partial charge in [0.1, 0.15) is 24.1 Å². The topological polar surface area (TPSA) is 162 Å². The number of methoxy groups -OCH3 is 3. The van der Waals surface area contributed by atoms with Crippen LogP contribution in [0.2, 0.25) is 0 Å². The lowest BCUT2D eigenvalue weighted by atomic mass is 10.1. The second kappa shape index (κ2) is 9.31. The van der Waals surface area contributed by atoms with Gasteiger partial charge in [0.15, 0.2) is 17.7 Å². The zero-order chi connectivity index (χ0) is 22.7. The summed E-state index contributed by atoms with van der Waals surface area (Å²) < 4.78 is 21.9. The summed E-state index contributed by atoms with van der Waals surface area (Å²) in [6.07, 6.45) is -3.81. The van der Waals surface area contributed by atoms with Crippen molar-refractivity contribution in [1.82, 2.24) is 9.55 Å². The highest BCUT2D eigenvalue weighted by atomic mass is 16.6. The molecule has 3 rings (SSSR count). The van der Waals surface area contributed by atoms with E-state index in [9.17, 15) is 24.9 Å². The molecule has 1 amide bonds. The van der Waals surface area contributed by atoms with Crippen LogP contribution in [0.15, 0.2) is 29.2 Å². The van der Waals surface area contributed by atoms with Gasteiger partial charge in [-0.3, -0.25) is 9.36 Å². The summed E-state index contributed by atoms with van der Waals surface area (Å²) >= 11 is 0. The molecule has 31 heavy (non-hydrogen) atoms. The zero-order valence-electron chi connectivity index (χ0n) is 17.0. The van der Waals surface area contributed by atoms with Crippen LogP contribution in [0.4, 0.5) is 5.82 Å². The number of carbonyl (C=O) groups is 1. The van der Waals surface area contributed by atoms with Gasteiger partial charge in [0, 0.05) is 11.8 Å². The molecule has 1 aliphatic rings. The van der Waals surface area contributed by atoms with Crippen LogP contribution in [0.5, 0.6) is 17.2 Å². The molecule has 1 aromatic carbocycles. The van der Waals surface area contributed by atoms with Crippen LogP contribution in [0, 0.1) is 0 Å². The molecule has 2 aromatic rings. The number of hydrogen-bond acceptors (Lipinski definition) is 10. The van der Waals surface area contributed by atoms with Gasteiger partial charge in [-0.15, -0.1) is 0 Å². The van der Waals surface area contributed by atoms with Crippen LogP contribution in [0.3, 0.4) is 0 Å². The molecule has 12 heteroatoms. The number of anilines is 1. The van der Waals surface area contributed by atoms with E-state index < -0.39 is 42.7 Å². The Morgan fingerprint density at radius 1 is 1.16 bits per heavy atom. The van der Waals surface area contributed by atoms with Gasteiger partial charge in [-0.1, -0.05) is 0 Å². The Bertz CT molecular complexity index is 984. The lowest BCUT2D eigenvalue weighted by Crippen LogP contribution is -2.36. The maximum absolute atomic E-state index is 12.6. The summed E-state index contributed by atoms with van der Waals surface area (Å²) in [4.78, 5) is 28.8. The molecule has 0 bridgehead atoms. The number of aromatic nitrogens is 2. The smallest absolute Gasteiger partial charge is 0.351 e. The number of nitrogens with zero attached hydrogens (tertiary/aromatic N) is 2. The summed E-state index contributed by atoms with van der Waals surface area (Å²) in [5.41, 5.74) is -0.665. The van der Waals surface area contributed by atoms with E-state index in [4.69, 9.17) is 18.9 Å². The van der Waals surface area contributed by atoms with Crippen LogP contribution in [-0.4, -0.2) is 77.0 Å². The molecular weight excluding hydrogens is 414 g/mol. The first-order valence-electron chi connectivity index (χ1n) is 9.17. The first kappa shape index (κ1) is 22.5. The van der Waals surface area contributed by atoms with E-state index in [1.807, 2.05) is 0 Å². The number of carbonyl (C=O) groups excluding carboxylic acids is 1. The molecule has 4 atom stereocenters. The molecule has 0 radical (unpaired) electrons. The number of ether oxygens (including phenoxy) is 4. The van der Waals surface area contributed by atoms with E-state index in [2.05, 4.69) is 10.3 Å². The van der Waals surface area contributed by atoms with Crippen LogP contribution in [-0.2, 0) is 4.74 Å². The third kappa shape index (κ3) is 4.32. The molecule has 0 saturated carbocycles. The van der Waals surface area contributed by atoms with Crippen LogP contribution >= 0.6 is 0 Å². The van der Waals surface area contributed by atoms with Crippen LogP contribution in [0.25, 0.3) is 0 Å². The molecule has 4 N–H and O–H groups in total. The third-order valence-electron chi connectivity index (χ3n) is 4.79. The van der Waals surface area contributed by atoms with Crippen molar-refractivity contribution in [2.24, 2.45) is 0 Å². The normalized spacial score (nSPS) is 22.8. The van der Waals surface area contributed by atoms with E-state index in [1.165, 1.54) is 45.7 Å². The summed E-state index contributed by atoms with van der Waals surface area (Å²) in [7, 11) is 4.27. The quantitative estimate of drug-likeness (QED) is 0.428. The van der Waals surface area contributed by atoms with Crippen molar-refractivity contribution < 1.29 is 39.1 Å². The fourth-order valence-corrected chi connectivity index (χ4v) is 3.19. The highest BCUT2D eigenvalue weighted by molar-refractivity contribution is 6.04. The maximum atomic E-state index is 12.6. The van der Waals surface area contributed by atoms with E-state index in [0.29, 0.717) is 5.75 Å². The summed E-state index contributed by atoms with van der Waals surface area (Å²) in [5.74, 6) is 0.240. The van der Waals surface area contributed by atoms with Gasteiger partial charge in [-0.2, -0.15) is 4.98 Å². The first-order valence-corrected chi connectivity index (χ1v) is 9.17. The monoisotopic (exact) mass is 437 g/mol. The molecule has 2 heterocycles. The van der Waals surface area contributed by atoms with Crippen molar-refractivity contribution in [2.45, 2.75) is 24.5 Å². The van der Waals surface area contributed by atoms with Crippen molar-refractivity contribution >= 4 is 11.7 Å². The van der Waals surface area contributed by atoms with Crippen molar-refractivity contribution in [2.75, 3.05) is 33.3 Å². The second-order valence-electron chi connectivity index (χ2n) is 6.60. The molecule has 1 saturated heterocycles. The molecule has 12 nitrogen and oxygen atoms in total. The van der Waals surface area contributed by atoms with Crippen LogP contribution < -0.4 is 25.2 Å². The molecular formula is C19H23N3O9. The van der Waals surface area contributed by atoms with Crippen molar-refractivity contribution in [3.63, 3.8) is 0 Å². The standard InChI is InChI=1S/C19H23N3O9/c1-28-10-6-9(7-11(29-2)16(10)30-3)17(26)20-13-4-5-22(19(27)21-13)18-15(25)14(24)12(8-23)31-18/h4-7,12,14-15,18,23-25H,8H2,1-3H3,(H,20,21,26,27)/t12-,14-,15-,18-/m1/s1. The van der Waals surface area contributed by atoms with Gasteiger partial charge in [0.25, 0.3) is 5.91 Å². The number of rotatable bonds is 7. The second-order valence-corrected chi connectivity index (χ2v) is 6.60. The lowest BCUT2D eigenvalue weighted by Gasteiger charge is -2.17. The molecule has 1 aromatic heterocycles. The number of benzene rings is 1. The Balaban J connectivity index is 1.82. The average molecular weight is 437 g/mol. The predicted molar refractivity (Wildman–Crippen MR) is 106 cm³/mol. The van der Waals surface area contributed by atoms with Crippen LogP contribution in [0.1, 0.15) is 16.6 Å². The Morgan fingerprint density at radius 3 is 2.29 bits per heavy atom. The minimum Gasteiger partial charge on any atom is -0.493 e. The van der Waals surface area contributed by atoms with Crippen molar-refractivity contribution in [3.8, 4) is 17.2 Å². The van der Waals surface area contributed by atoms with Gasteiger partial charge >= 0.3 is 5.69 Å². The van der Waals surface area contributed by atoms with Gasteiger partial charge in [-0.25, -0.2) is 4.79 Å². The van der Waals surface area contributed by atoms with Gasteiger partial charge in [0.05, 0.1) is 27.9 Å². The highest BCUT2D eigenvalue weighted by Gasteiger charge is 2.43. The molecule has 1 fully saturated rings. The van der Waals surface area contributed by atoms with Gasteiger partial charge in [0.2, 0.25) is 5.75 Å². The first-order chi connectivity index (χ1) is 14.8. The van der Waals surface area contributed by atoms with Crippen molar-refractivity contribution in [1.29, 1.82) is 0 Å². The minimum atomic E-state index is -1.43. The average Bonchev–Trinajstić information content (AvgIpc) is 3.06. The molecule has 1 aliphatic heterocycles. The molecule has 0 spiro atoms. The fourth-order valence-electron chi connectivity index (χ4n) is 3.19. The SMILES string of the molecule is COc1cc(C(=O)Nc2ccn([C@@H]3O[C@H](CO)[C@@H](O)[C@H]3O)c(=O)n2)cc(OC)c1OC. The number of hydrogen-bond donors (Lipinski definition) is 4. The van der Waals surface area contributed by atoms with E-state index in [1.54, 1.807) is 0 Å². The molecule has 0 aliphatic carbocycles. The largest absolute Gasteiger partial charge is 0.493 e. The van der Waals surface area contributed by atoms with Gasteiger partial charge in [-0.05, 0) is 18.2 Å². The van der Waals surface area contributed by atoms with E-state index in [-0.39, 0.29) is 22.9 Å². The fraction of sp³-hybridized carbons (Fsp3) is 0.421. The minimum absolute atomic E-state index is 0.0493. The van der Waals surface area contributed by atoms with Crippen molar-refractivity contribution in [3.05, 3.63) is 40.4 Å². The van der Waals surface area contributed by atoms with Gasteiger partial charge < -0.3 is 39.6 Å². The summed E-state index contributed by atoms with van der Waals surface area (Å²) in [5, 5.41) is 31.6.